The molecule has 3 heteroatoms. The van der Waals surface area contributed by atoms with Gasteiger partial charge in [0.2, 0.25) is 0 Å². The predicted molar refractivity (Wildman–Crippen MR) is 53.6 cm³/mol. The molecule has 0 saturated carbocycles. The smallest absolute Gasteiger partial charge is 0.189 e. The molecule has 0 aliphatic rings. The monoisotopic (exact) mass is 194 g/mol. The Morgan fingerprint density at radius 3 is 2.86 bits per heavy atom. The van der Waals surface area contributed by atoms with Crippen molar-refractivity contribution in [2.75, 3.05) is 13.4 Å². The van der Waals surface area contributed by atoms with Gasteiger partial charge in [-0.3, -0.25) is 4.79 Å². The minimum atomic E-state index is 0.0341. The number of Topliss-reactive ketones (excluding diaryl/α,β-unsaturated/α-hetero) is 1. The third-order valence-corrected chi connectivity index (χ3v) is 1.75. The van der Waals surface area contributed by atoms with E-state index >= 15 is 0 Å². The van der Waals surface area contributed by atoms with Gasteiger partial charge in [0.05, 0.1) is 0 Å². The maximum atomic E-state index is 11.0. The molecule has 0 unspecified atom stereocenters. The first-order chi connectivity index (χ1) is 6.74. The molecule has 0 bridgehead atoms. The Hall–Kier alpha value is -1.35. The summed E-state index contributed by atoms with van der Waals surface area (Å²) in [5, 5.41) is 0. The third-order valence-electron chi connectivity index (χ3n) is 1.75. The largest absolute Gasteiger partial charge is 0.468 e. The summed E-state index contributed by atoms with van der Waals surface area (Å²) in [5.74, 6) is 0.693. The first-order valence-electron chi connectivity index (χ1n) is 4.55. The lowest BCUT2D eigenvalue weighted by Gasteiger charge is -2.06. The average Bonchev–Trinajstić information content (AvgIpc) is 2.19. The predicted octanol–water partition coefficient (Wildman–Crippen LogP) is 2.26. The van der Waals surface area contributed by atoms with Gasteiger partial charge in [-0.2, -0.15) is 0 Å². The van der Waals surface area contributed by atoms with E-state index in [1.165, 1.54) is 6.92 Å². The average molecular weight is 194 g/mol. The van der Waals surface area contributed by atoms with E-state index in [0.717, 1.165) is 0 Å². The molecule has 0 amide bonds. The summed E-state index contributed by atoms with van der Waals surface area (Å²) >= 11 is 0. The molecule has 1 aromatic carbocycles. The summed E-state index contributed by atoms with van der Waals surface area (Å²) < 4.78 is 10.3. The molecular formula is C11H14O3. The highest BCUT2D eigenvalue weighted by Gasteiger charge is 2.00. The molecule has 0 aromatic heterocycles. The fraction of sp³-hybridized carbons (Fsp3) is 0.364. The lowest BCUT2D eigenvalue weighted by molar-refractivity contribution is 0.0223. The number of ketones is 1. The van der Waals surface area contributed by atoms with Crippen molar-refractivity contribution in [3.05, 3.63) is 29.8 Å². The second-order valence-electron chi connectivity index (χ2n) is 2.84. The fourth-order valence-corrected chi connectivity index (χ4v) is 0.998. The number of carbonyl (C=O) groups excluding carboxylic acids is 1. The minimum absolute atomic E-state index is 0.0341. The standard InChI is InChI=1S/C11H14O3/c1-3-13-8-14-11-6-4-5-10(7-11)9(2)12/h4-7H,3,8H2,1-2H3. The second kappa shape index (κ2) is 5.40. The Balaban J connectivity index is 2.59. The summed E-state index contributed by atoms with van der Waals surface area (Å²) in [7, 11) is 0. The normalized spacial score (nSPS) is 9.86. The zero-order chi connectivity index (χ0) is 10.4. The number of carbonyl (C=O) groups is 1. The number of benzene rings is 1. The minimum Gasteiger partial charge on any atom is -0.468 e. The van der Waals surface area contributed by atoms with Crippen LogP contribution >= 0.6 is 0 Å². The Labute approximate surface area is 83.6 Å². The topological polar surface area (TPSA) is 35.5 Å². The summed E-state index contributed by atoms with van der Waals surface area (Å²) in [6.07, 6.45) is 0. The molecule has 0 atom stereocenters. The van der Waals surface area contributed by atoms with Crippen LogP contribution in [0, 0.1) is 0 Å². The Morgan fingerprint density at radius 2 is 2.21 bits per heavy atom. The van der Waals surface area contributed by atoms with Crippen molar-refractivity contribution in [3.8, 4) is 5.75 Å². The highest BCUT2D eigenvalue weighted by Crippen LogP contribution is 2.13. The Bertz CT molecular complexity index is 307. The van der Waals surface area contributed by atoms with Gasteiger partial charge >= 0.3 is 0 Å². The molecule has 3 nitrogen and oxygen atoms in total. The van der Waals surface area contributed by atoms with E-state index in [2.05, 4.69) is 0 Å². The van der Waals surface area contributed by atoms with Gasteiger partial charge in [0.15, 0.2) is 12.6 Å². The van der Waals surface area contributed by atoms with Gasteiger partial charge in [-0.15, -0.1) is 0 Å². The number of rotatable bonds is 5. The second-order valence-corrected chi connectivity index (χ2v) is 2.84. The van der Waals surface area contributed by atoms with Crippen molar-refractivity contribution in [3.63, 3.8) is 0 Å². The molecule has 0 saturated heterocycles. The van der Waals surface area contributed by atoms with Gasteiger partial charge in [0, 0.05) is 12.2 Å². The highest BCUT2D eigenvalue weighted by molar-refractivity contribution is 5.94. The van der Waals surface area contributed by atoms with Crippen LogP contribution in [0.25, 0.3) is 0 Å². The van der Waals surface area contributed by atoms with Crippen molar-refractivity contribution in [2.45, 2.75) is 13.8 Å². The van der Waals surface area contributed by atoms with Crippen LogP contribution in [0.2, 0.25) is 0 Å². The molecule has 14 heavy (non-hydrogen) atoms. The molecule has 1 aromatic rings. The first-order valence-corrected chi connectivity index (χ1v) is 4.55. The number of hydrogen-bond acceptors (Lipinski definition) is 3. The lowest BCUT2D eigenvalue weighted by Crippen LogP contribution is -2.02. The van der Waals surface area contributed by atoms with Crippen molar-refractivity contribution in [2.24, 2.45) is 0 Å². The van der Waals surface area contributed by atoms with E-state index < -0.39 is 0 Å². The first kappa shape index (κ1) is 10.7. The van der Waals surface area contributed by atoms with Crippen LogP contribution in [0.4, 0.5) is 0 Å². The number of hydrogen-bond donors (Lipinski definition) is 0. The third kappa shape index (κ3) is 3.18. The zero-order valence-electron chi connectivity index (χ0n) is 8.45. The lowest BCUT2D eigenvalue weighted by atomic mass is 10.1. The molecule has 0 heterocycles. The van der Waals surface area contributed by atoms with Crippen LogP contribution < -0.4 is 4.74 Å². The van der Waals surface area contributed by atoms with Gasteiger partial charge in [0.25, 0.3) is 0 Å². The van der Waals surface area contributed by atoms with Gasteiger partial charge in [-0.05, 0) is 26.0 Å². The van der Waals surface area contributed by atoms with Crippen LogP contribution in [0.5, 0.6) is 5.75 Å². The van der Waals surface area contributed by atoms with Crippen LogP contribution in [0.15, 0.2) is 24.3 Å². The molecule has 0 aliphatic heterocycles. The van der Waals surface area contributed by atoms with Crippen LogP contribution in [0.3, 0.4) is 0 Å². The maximum absolute atomic E-state index is 11.0. The van der Waals surface area contributed by atoms with Crippen LogP contribution in [-0.2, 0) is 4.74 Å². The van der Waals surface area contributed by atoms with E-state index in [1.54, 1.807) is 24.3 Å². The van der Waals surface area contributed by atoms with Crippen molar-refractivity contribution >= 4 is 5.78 Å². The van der Waals surface area contributed by atoms with Gasteiger partial charge in [-0.25, -0.2) is 0 Å². The summed E-state index contributed by atoms with van der Waals surface area (Å²) in [4.78, 5) is 11.0. The number of ether oxygens (including phenoxy) is 2. The molecule has 0 aliphatic carbocycles. The molecule has 0 N–H and O–H groups in total. The van der Waals surface area contributed by atoms with Crippen molar-refractivity contribution < 1.29 is 14.3 Å². The van der Waals surface area contributed by atoms with E-state index in [-0.39, 0.29) is 12.6 Å². The fourth-order valence-electron chi connectivity index (χ4n) is 0.998. The highest BCUT2D eigenvalue weighted by atomic mass is 16.7. The van der Waals surface area contributed by atoms with E-state index in [1.807, 2.05) is 6.92 Å². The molecule has 0 fully saturated rings. The van der Waals surface area contributed by atoms with E-state index in [0.29, 0.717) is 17.9 Å². The van der Waals surface area contributed by atoms with Crippen molar-refractivity contribution in [1.82, 2.24) is 0 Å². The van der Waals surface area contributed by atoms with E-state index in [9.17, 15) is 4.79 Å². The van der Waals surface area contributed by atoms with Gasteiger partial charge < -0.3 is 9.47 Å². The SMILES string of the molecule is CCOCOc1cccc(C(C)=O)c1. The summed E-state index contributed by atoms with van der Waals surface area (Å²) in [6.45, 7) is 4.27. The summed E-state index contributed by atoms with van der Waals surface area (Å²) in [5.41, 5.74) is 0.652. The molecule has 0 spiro atoms. The van der Waals surface area contributed by atoms with Crippen LogP contribution in [0.1, 0.15) is 24.2 Å². The molecular weight excluding hydrogens is 180 g/mol. The Kier molecular flexibility index (Phi) is 4.13. The Morgan fingerprint density at radius 1 is 1.43 bits per heavy atom. The zero-order valence-corrected chi connectivity index (χ0v) is 8.45. The van der Waals surface area contributed by atoms with Gasteiger partial charge in [-0.1, -0.05) is 12.1 Å². The molecule has 76 valence electrons. The summed E-state index contributed by atoms with van der Waals surface area (Å²) in [6, 6.07) is 7.06. The van der Waals surface area contributed by atoms with Crippen molar-refractivity contribution in [1.29, 1.82) is 0 Å². The molecule has 1 rings (SSSR count). The van der Waals surface area contributed by atoms with Gasteiger partial charge in [0.1, 0.15) is 5.75 Å². The van der Waals surface area contributed by atoms with E-state index in [4.69, 9.17) is 9.47 Å². The quantitative estimate of drug-likeness (QED) is 0.409. The maximum Gasteiger partial charge on any atom is 0.189 e. The molecule has 0 radical (unpaired) electrons. The van der Waals surface area contributed by atoms with Crippen LogP contribution in [-0.4, -0.2) is 19.2 Å².